The highest BCUT2D eigenvalue weighted by Gasteiger charge is 2.37. The fourth-order valence-electron chi connectivity index (χ4n) is 17.7. The molecule has 0 nitrogen and oxygen atoms in total. The van der Waals surface area contributed by atoms with Crippen molar-refractivity contribution in [3.63, 3.8) is 0 Å². The largest absolute Gasteiger partial charge is 0.242 e. The molecule has 10 aromatic rings. The zero-order chi connectivity index (χ0) is 65.3. The summed E-state index contributed by atoms with van der Waals surface area (Å²) in [5.74, 6) is 2.95. The van der Waals surface area contributed by atoms with E-state index in [2.05, 4.69) is 294 Å². The van der Waals surface area contributed by atoms with E-state index < -0.39 is 0 Å². The first-order valence-corrected chi connectivity index (χ1v) is 33.7. The van der Waals surface area contributed by atoms with Gasteiger partial charge in [0, 0.05) is 0 Å². The SMILES string of the molecule is C#C/C(C)=C\C1=C(C)B(c2ccc(B3c4c(C)cc(C)cc4Cc4cc(C)cc(C)c43)cc2)c2c(C)cc(CCc3cc(C)c(B(c4ccc(-c5ccc(B(c6c(C)cc(C)cc6C)c6c(C)cc(C)cc6C)cc5)cc4)c4c(C)cc(C)cc4C)c(C)c3)cc2C1. The highest BCUT2D eigenvalue weighted by molar-refractivity contribution is 6.98. The molecule has 0 aliphatic carbocycles. The summed E-state index contributed by atoms with van der Waals surface area (Å²) in [5.41, 5.74) is 50.2. The van der Waals surface area contributed by atoms with Crippen LogP contribution in [0.1, 0.15) is 131 Å². The van der Waals surface area contributed by atoms with Crippen molar-refractivity contribution < 1.29 is 0 Å². The lowest BCUT2D eigenvalue weighted by Crippen LogP contribution is -2.59. The third kappa shape index (κ3) is 12.1. The van der Waals surface area contributed by atoms with Gasteiger partial charge in [0.15, 0.2) is 0 Å². The molecule has 0 spiro atoms. The van der Waals surface area contributed by atoms with Crippen LogP contribution in [0.4, 0.5) is 0 Å². The number of hydrogen-bond acceptors (Lipinski definition) is 0. The first-order chi connectivity index (χ1) is 43.9. The predicted molar refractivity (Wildman–Crippen MR) is 407 cm³/mol. The van der Waals surface area contributed by atoms with Crippen LogP contribution in [0.25, 0.3) is 11.1 Å². The molecule has 0 bridgehead atoms. The quantitative estimate of drug-likeness (QED) is 0.0797. The number of terminal acetylenes is 1. The normalized spacial score (nSPS) is 12.9. The monoisotopic (exact) mass is 1190 g/mol. The van der Waals surface area contributed by atoms with Crippen LogP contribution in [0.15, 0.2) is 180 Å². The standard InChI is InChI=1S/C88H90B4/c1-20-52(2)43-74-50-77-49-71(48-68(18)86(77)89(69(74)19)78-31-33-81(34-32-78)92-87-64(14)41-56(6)44-75(87)51-76-45-57(7)42-65(15)88(76)92)22-21-70-46-66(16)85(67(17)47-70)91(84-62(12)39-55(5)40-63(84)13)80-29-25-73(26-30-80)72-23-27-79(28-24-72)90(82-58(8)35-53(3)36-59(82)9)83-60(10)37-54(4)38-61(83)11/h1,23-49H,21-22,50-51H2,2-19H3/b52-43-. The number of rotatable bonds is 13. The van der Waals surface area contributed by atoms with Crippen molar-refractivity contribution in [2.24, 2.45) is 0 Å². The van der Waals surface area contributed by atoms with E-state index in [4.69, 9.17) is 6.42 Å². The van der Waals surface area contributed by atoms with Crippen molar-refractivity contribution in [2.75, 3.05) is 0 Å². The summed E-state index contributed by atoms with van der Waals surface area (Å²) in [4.78, 5) is 0. The van der Waals surface area contributed by atoms with Gasteiger partial charge in [-0.3, -0.25) is 0 Å². The smallest absolute Gasteiger partial charge is 0.115 e. The lowest BCUT2D eigenvalue weighted by molar-refractivity contribution is 0.950. The van der Waals surface area contributed by atoms with Crippen molar-refractivity contribution in [1.29, 1.82) is 0 Å². The van der Waals surface area contributed by atoms with Crippen LogP contribution in [-0.2, 0) is 25.7 Å². The Hall–Kier alpha value is -8.50. The van der Waals surface area contributed by atoms with Crippen molar-refractivity contribution in [3.8, 4) is 23.5 Å². The average molecular weight is 1190 g/mol. The van der Waals surface area contributed by atoms with Gasteiger partial charge in [0.1, 0.15) is 0 Å². The Bertz CT molecular complexity index is 4500. The molecular weight excluding hydrogens is 1100 g/mol. The zero-order valence-electron chi connectivity index (χ0n) is 58.3. The van der Waals surface area contributed by atoms with Gasteiger partial charge in [0.05, 0.1) is 0 Å². The summed E-state index contributed by atoms with van der Waals surface area (Å²) in [5, 5.41) is 0. The van der Waals surface area contributed by atoms with E-state index in [0.29, 0.717) is 0 Å². The third-order valence-corrected chi connectivity index (χ3v) is 21.1. The number of allylic oxidation sites excluding steroid dienone is 4. The summed E-state index contributed by atoms with van der Waals surface area (Å²) >= 11 is 0. The van der Waals surface area contributed by atoms with E-state index in [0.717, 1.165) is 31.3 Å². The maximum Gasteiger partial charge on any atom is 0.242 e. The van der Waals surface area contributed by atoms with Crippen LogP contribution in [0.5, 0.6) is 0 Å². The topological polar surface area (TPSA) is 0 Å². The number of benzene rings is 10. The molecule has 2 aliphatic heterocycles. The Morgan fingerprint density at radius 1 is 0.370 bits per heavy atom. The molecule has 454 valence electrons. The van der Waals surface area contributed by atoms with Gasteiger partial charge < -0.3 is 0 Å². The minimum atomic E-state index is 0.0804. The molecule has 92 heavy (non-hydrogen) atoms. The van der Waals surface area contributed by atoms with E-state index in [1.165, 1.54) is 199 Å². The van der Waals surface area contributed by atoms with Gasteiger partial charge in [-0.15, -0.1) is 6.42 Å². The molecule has 0 saturated heterocycles. The molecule has 2 aliphatic rings. The van der Waals surface area contributed by atoms with Crippen LogP contribution in [0.2, 0.25) is 0 Å². The second-order valence-corrected chi connectivity index (χ2v) is 28.6. The molecule has 0 saturated carbocycles. The molecule has 10 aromatic carbocycles. The lowest BCUT2D eigenvalue weighted by atomic mass is 9.31. The molecular formula is C88H90B4. The van der Waals surface area contributed by atoms with Crippen LogP contribution in [0, 0.1) is 123 Å². The van der Waals surface area contributed by atoms with Gasteiger partial charge >= 0.3 is 0 Å². The minimum absolute atomic E-state index is 0.0804. The van der Waals surface area contributed by atoms with Crippen LogP contribution in [0.3, 0.4) is 0 Å². The molecule has 4 heteroatoms. The Morgan fingerprint density at radius 2 is 0.674 bits per heavy atom. The van der Waals surface area contributed by atoms with Crippen molar-refractivity contribution in [1.82, 2.24) is 0 Å². The van der Waals surface area contributed by atoms with E-state index >= 15 is 0 Å². The van der Waals surface area contributed by atoms with Crippen molar-refractivity contribution in [3.05, 3.63) is 297 Å². The molecule has 0 N–H and O–H groups in total. The average Bonchev–Trinajstić information content (AvgIpc) is 0.751. The maximum atomic E-state index is 6.08. The van der Waals surface area contributed by atoms with E-state index in [-0.39, 0.29) is 26.9 Å². The Kier molecular flexibility index (Phi) is 17.7. The van der Waals surface area contributed by atoms with E-state index in [1.807, 2.05) is 0 Å². The van der Waals surface area contributed by atoms with Crippen LogP contribution >= 0.6 is 0 Å². The second kappa shape index (κ2) is 25.5. The van der Waals surface area contributed by atoms with Gasteiger partial charge in [0.25, 0.3) is 0 Å². The Balaban J connectivity index is 0.841. The molecule has 12 rings (SSSR count). The third-order valence-electron chi connectivity index (χ3n) is 21.1. The fourth-order valence-corrected chi connectivity index (χ4v) is 17.7. The summed E-state index contributed by atoms with van der Waals surface area (Å²) < 4.78 is 0. The van der Waals surface area contributed by atoms with Gasteiger partial charge in [-0.2, -0.15) is 0 Å². The maximum absolute atomic E-state index is 6.08. The molecule has 0 radical (unpaired) electrons. The zero-order valence-corrected chi connectivity index (χ0v) is 58.3. The summed E-state index contributed by atoms with van der Waals surface area (Å²) in [6.07, 6.45) is 12.1. The van der Waals surface area contributed by atoms with Gasteiger partial charge in [0.2, 0.25) is 26.9 Å². The molecule has 0 atom stereocenters. The van der Waals surface area contributed by atoms with E-state index in [1.54, 1.807) is 0 Å². The predicted octanol–water partition coefficient (Wildman–Crippen LogP) is 13.1. The first-order valence-electron chi connectivity index (χ1n) is 33.7. The van der Waals surface area contributed by atoms with Crippen LogP contribution in [-0.4, -0.2) is 26.9 Å². The lowest BCUT2D eigenvalue weighted by Gasteiger charge is -2.32. The molecule has 0 unspecified atom stereocenters. The van der Waals surface area contributed by atoms with Gasteiger partial charge in [-0.25, -0.2) is 0 Å². The highest BCUT2D eigenvalue weighted by atomic mass is 14.2. The molecule has 2 heterocycles. The van der Waals surface area contributed by atoms with Gasteiger partial charge in [-0.05, 0) is 194 Å². The summed E-state index contributed by atoms with van der Waals surface area (Å²) in [6, 6.07) is 62.6. The van der Waals surface area contributed by atoms with Gasteiger partial charge in [-0.1, -0.05) is 331 Å². The molecule has 0 fully saturated rings. The minimum Gasteiger partial charge on any atom is -0.115 e. The second-order valence-electron chi connectivity index (χ2n) is 28.6. The first kappa shape index (κ1) is 63.6. The van der Waals surface area contributed by atoms with Crippen LogP contribution < -0.4 is 60.1 Å². The number of aryl methyl sites for hydroxylation is 18. The van der Waals surface area contributed by atoms with E-state index in [9.17, 15) is 0 Å². The summed E-state index contributed by atoms with van der Waals surface area (Å²) in [6.45, 7) is 41.6. The number of hydrogen-bond donors (Lipinski definition) is 0. The highest BCUT2D eigenvalue weighted by Crippen LogP contribution is 2.28. The van der Waals surface area contributed by atoms with Crippen molar-refractivity contribution >= 4 is 86.9 Å². The molecule has 0 amide bonds. The fraction of sp³-hybridized carbons (Fsp3) is 0.250. The Morgan fingerprint density at radius 3 is 1.07 bits per heavy atom. The Labute approximate surface area is 554 Å². The molecule has 0 aromatic heterocycles. The summed E-state index contributed by atoms with van der Waals surface area (Å²) in [7, 11) is 0. The number of fused-ring (bicyclic) bond motifs is 3. The van der Waals surface area contributed by atoms with Crippen molar-refractivity contribution in [2.45, 2.75) is 150 Å².